The van der Waals surface area contributed by atoms with E-state index in [1.54, 1.807) is 37.1 Å². The van der Waals surface area contributed by atoms with Crippen molar-refractivity contribution in [3.63, 3.8) is 0 Å². The van der Waals surface area contributed by atoms with Crippen molar-refractivity contribution in [1.82, 2.24) is 0 Å². The van der Waals surface area contributed by atoms with Gasteiger partial charge in [-0.2, -0.15) is 0 Å². The Bertz CT molecular complexity index is 1480. The molecule has 0 saturated heterocycles. The number of fused-ring (bicyclic) bond motifs is 1. The molecule has 0 saturated carbocycles. The van der Waals surface area contributed by atoms with Crippen LogP contribution in [0.4, 0.5) is 5.69 Å². The summed E-state index contributed by atoms with van der Waals surface area (Å²) < 4.78 is 22.1. The van der Waals surface area contributed by atoms with Gasteiger partial charge in [0.15, 0.2) is 0 Å². The number of benzene rings is 2. The summed E-state index contributed by atoms with van der Waals surface area (Å²) in [5, 5.41) is 3.36. The van der Waals surface area contributed by atoms with Crippen LogP contribution in [0.5, 0.6) is 11.5 Å². The van der Waals surface area contributed by atoms with E-state index < -0.39 is 5.97 Å². The van der Waals surface area contributed by atoms with Crippen molar-refractivity contribution in [3.05, 3.63) is 82.7 Å². The van der Waals surface area contributed by atoms with Crippen LogP contribution in [0, 0.1) is 0 Å². The van der Waals surface area contributed by atoms with Crippen LogP contribution in [0.15, 0.2) is 70.4 Å². The van der Waals surface area contributed by atoms with Gasteiger partial charge in [-0.25, -0.2) is 4.79 Å². The summed E-state index contributed by atoms with van der Waals surface area (Å²) in [4.78, 5) is 26.5. The van der Waals surface area contributed by atoms with Gasteiger partial charge in [0, 0.05) is 28.4 Å². The largest absolute Gasteiger partial charge is 0.496 e. The van der Waals surface area contributed by atoms with Crippen LogP contribution in [0.2, 0.25) is 0 Å². The highest BCUT2D eigenvalue weighted by Gasteiger charge is 2.29. The molecule has 0 fully saturated rings. The number of esters is 2. The first-order valence-corrected chi connectivity index (χ1v) is 13.6. The third-order valence-electron chi connectivity index (χ3n) is 6.74. The first kappa shape index (κ1) is 26.7. The van der Waals surface area contributed by atoms with E-state index in [0.29, 0.717) is 23.5 Å². The molecule has 0 spiro atoms. The van der Waals surface area contributed by atoms with Crippen LogP contribution in [0.3, 0.4) is 0 Å². The Morgan fingerprint density at radius 2 is 1.92 bits per heavy atom. The fourth-order valence-electron chi connectivity index (χ4n) is 5.08. The number of hydrogen-bond acceptors (Lipinski definition) is 8. The quantitative estimate of drug-likeness (QED) is 0.246. The first-order chi connectivity index (χ1) is 18.6. The molecule has 1 unspecified atom stereocenters. The Labute approximate surface area is 232 Å². The van der Waals surface area contributed by atoms with Crippen LogP contribution in [0.25, 0.3) is 16.7 Å². The van der Waals surface area contributed by atoms with Crippen molar-refractivity contribution in [1.29, 1.82) is 0 Å². The van der Waals surface area contributed by atoms with Crippen LogP contribution in [-0.2, 0) is 16.1 Å². The van der Waals surface area contributed by atoms with E-state index in [1.807, 2.05) is 25.1 Å². The van der Waals surface area contributed by atoms with Crippen molar-refractivity contribution >= 4 is 35.0 Å². The number of carbonyl (C=O) groups is 2. The van der Waals surface area contributed by atoms with E-state index in [-0.39, 0.29) is 23.4 Å². The molecule has 3 heterocycles. The molecule has 0 aliphatic carbocycles. The molecular weight excluding hydrogens is 514 g/mol. The highest BCUT2D eigenvalue weighted by molar-refractivity contribution is 8.04. The Kier molecular flexibility index (Phi) is 7.32. The second-order valence-corrected chi connectivity index (χ2v) is 11.7. The minimum atomic E-state index is -0.524. The number of nitrogens with one attached hydrogen (secondary N) is 1. The smallest absolute Gasteiger partial charge is 0.346 e. The zero-order chi connectivity index (χ0) is 27.7. The van der Waals surface area contributed by atoms with E-state index in [1.165, 1.54) is 12.5 Å². The van der Waals surface area contributed by atoms with Gasteiger partial charge in [0.2, 0.25) is 0 Å². The highest BCUT2D eigenvalue weighted by Crippen LogP contribution is 2.43. The number of allylic oxidation sites excluding steroid dienone is 3. The summed E-state index contributed by atoms with van der Waals surface area (Å²) in [6.07, 6.45) is 7.68. The molecule has 202 valence electrons. The number of ether oxygens (including phenoxy) is 3. The average molecular weight is 546 g/mol. The summed E-state index contributed by atoms with van der Waals surface area (Å²) in [7, 11) is 1.57. The number of thioether (sulfide) groups is 1. The van der Waals surface area contributed by atoms with Crippen LogP contribution in [0.1, 0.15) is 55.6 Å². The lowest BCUT2D eigenvalue weighted by Crippen LogP contribution is -2.32. The third kappa shape index (κ3) is 5.61. The SMILES string of the molecule is COc1cc(OC(=O)c2ccoc2)ccc1-c1ccc2c(c1COC(=O)C1CC=C(C)S1)C(C)=CC(C)(C)N2. The van der Waals surface area contributed by atoms with E-state index in [9.17, 15) is 9.59 Å². The molecule has 0 bridgehead atoms. The van der Waals surface area contributed by atoms with Gasteiger partial charge in [0.05, 0.1) is 24.5 Å². The Morgan fingerprint density at radius 1 is 1.13 bits per heavy atom. The Morgan fingerprint density at radius 3 is 2.62 bits per heavy atom. The molecule has 1 atom stereocenters. The maximum atomic E-state index is 12.9. The van der Waals surface area contributed by atoms with Gasteiger partial charge < -0.3 is 23.9 Å². The maximum absolute atomic E-state index is 12.9. The number of anilines is 1. The molecule has 7 nitrogen and oxygen atoms in total. The van der Waals surface area contributed by atoms with Crippen molar-refractivity contribution in [2.24, 2.45) is 0 Å². The summed E-state index contributed by atoms with van der Waals surface area (Å²) in [6.45, 7) is 8.43. The van der Waals surface area contributed by atoms with Crippen LogP contribution >= 0.6 is 11.8 Å². The molecule has 8 heteroatoms. The number of rotatable bonds is 7. The molecule has 2 aliphatic heterocycles. The van der Waals surface area contributed by atoms with Crippen LogP contribution in [-0.4, -0.2) is 29.8 Å². The topological polar surface area (TPSA) is 87.0 Å². The molecule has 0 radical (unpaired) electrons. The van der Waals surface area contributed by atoms with E-state index in [4.69, 9.17) is 18.6 Å². The summed E-state index contributed by atoms with van der Waals surface area (Å²) >= 11 is 1.55. The number of methoxy groups -OCH3 is 1. The number of furan rings is 1. The molecule has 2 aliphatic rings. The molecule has 0 amide bonds. The number of hydrogen-bond donors (Lipinski definition) is 1. The van der Waals surface area contributed by atoms with E-state index in [0.717, 1.165) is 38.4 Å². The minimum Gasteiger partial charge on any atom is -0.496 e. The molecule has 39 heavy (non-hydrogen) atoms. The van der Waals surface area contributed by atoms with Gasteiger partial charge >= 0.3 is 11.9 Å². The second-order valence-electron chi connectivity index (χ2n) is 10.2. The fraction of sp³-hybridized carbons (Fsp3) is 0.290. The molecule has 2 aromatic carbocycles. The first-order valence-electron chi connectivity index (χ1n) is 12.7. The molecule has 1 N–H and O–H groups in total. The van der Waals surface area contributed by atoms with E-state index >= 15 is 0 Å². The lowest BCUT2D eigenvalue weighted by Gasteiger charge is -2.33. The van der Waals surface area contributed by atoms with Crippen molar-refractivity contribution in [2.75, 3.05) is 12.4 Å². The van der Waals surface area contributed by atoms with Gasteiger partial charge in [-0.05, 0) is 74.4 Å². The van der Waals surface area contributed by atoms with Gasteiger partial charge in [-0.15, -0.1) is 11.8 Å². The second kappa shape index (κ2) is 10.7. The van der Waals surface area contributed by atoms with Gasteiger partial charge in [0.25, 0.3) is 0 Å². The predicted molar refractivity (Wildman–Crippen MR) is 153 cm³/mol. The molecular formula is C31H31NO6S. The Balaban J connectivity index is 1.51. The van der Waals surface area contributed by atoms with Gasteiger partial charge in [0.1, 0.15) is 29.6 Å². The normalized spacial score (nSPS) is 17.4. The summed E-state index contributed by atoms with van der Waals surface area (Å²) in [5.74, 6) is 0.116. The number of carbonyl (C=O) groups excluding carboxylic acids is 2. The van der Waals surface area contributed by atoms with Crippen LogP contribution < -0.4 is 14.8 Å². The maximum Gasteiger partial charge on any atom is 0.346 e. The minimum absolute atomic E-state index is 0.112. The van der Waals surface area contributed by atoms with Crippen molar-refractivity contribution < 1.29 is 28.2 Å². The lowest BCUT2D eigenvalue weighted by molar-refractivity contribution is -0.144. The molecule has 3 aromatic rings. The summed E-state index contributed by atoms with van der Waals surface area (Å²) in [6, 6.07) is 10.8. The third-order valence-corrected chi connectivity index (χ3v) is 7.95. The standard InChI is InChI=1S/C31H31NO6S/c1-18-15-31(3,4)32-25-10-9-22(24(28(18)25)17-37-30(34)27-11-6-19(2)39-27)23-8-7-21(14-26(23)35-5)38-29(33)20-12-13-36-16-20/h6-10,12-16,27,32H,11,17H2,1-5H3. The fourth-order valence-corrected chi connectivity index (χ4v) is 6.08. The van der Waals surface area contributed by atoms with Crippen molar-refractivity contribution in [2.45, 2.75) is 51.5 Å². The summed E-state index contributed by atoms with van der Waals surface area (Å²) in [5.41, 5.74) is 5.73. The zero-order valence-corrected chi connectivity index (χ0v) is 23.4. The van der Waals surface area contributed by atoms with Gasteiger partial charge in [-0.3, -0.25) is 4.79 Å². The molecule has 5 rings (SSSR count). The molecule has 1 aromatic heterocycles. The monoisotopic (exact) mass is 545 g/mol. The highest BCUT2D eigenvalue weighted by atomic mass is 32.2. The average Bonchev–Trinajstić information content (AvgIpc) is 3.58. The van der Waals surface area contributed by atoms with E-state index in [2.05, 4.69) is 38.2 Å². The Hall–Kier alpha value is -3.91. The van der Waals surface area contributed by atoms with Crippen molar-refractivity contribution in [3.8, 4) is 22.6 Å². The van der Waals surface area contributed by atoms with Gasteiger partial charge in [-0.1, -0.05) is 18.2 Å². The predicted octanol–water partition coefficient (Wildman–Crippen LogP) is 7.23. The lowest BCUT2D eigenvalue weighted by atomic mass is 9.85. The zero-order valence-electron chi connectivity index (χ0n) is 22.6.